The van der Waals surface area contributed by atoms with Crippen LogP contribution in [0.15, 0.2) is 72.2 Å². The summed E-state index contributed by atoms with van der Waals surface area (Å²) in [5.41, 5.74) is 7.65. The fourth-order valence-electron chi connectivity index (χ4n) is 3.50. The predicted molar refractivity (Wildman–Crippen MR) is 132 cm³/mol. The number of para-hydroxylation sites is 1. The molecular weight excluding hydrogens is 468 g/mol. The van der Waals surface area contributed by atoms with E-state index in [9.17, 15) is 19.2 Å². The largest absolute Gasteiger partial charge is 0.454 e. The topological polar surface area (TPSA) is 143 Å². The van der Waals surface area contributed by atoms with E-state index in [1.165, 1.54) is 35.6 Å². The highest BCUT2D eigenvalue weighted by atomic mass is 32.1. The van der Waals surface area contributed by atoms with Crippen molar-refractivity contribution < 1.29 is 23.9 Å². The number of thiophene rings is 1. The molecular formula is C25H22N4O5S. The lowest BCUT2D eigenvalue weighted by atomic mass is 10.0. The standard InChI is InChI=1S/C25H22N4O5S/c26-23(31)15-7-9-17(10-8-15)28-22(30)14-34-25(33)20(29-24(32)21-6-3-11-35-21)12-16-13-27-19-5-2-1-4-18(16)19/h1-11,13,20,27H,12,14H2,(H2,26,31)(H,28,30)(H,29,32)/t20-/m0/s1. The highest BCUT2D eigenvalue weighted by molar-refractivity contribution is 7.12. The molecule has 178 valence electrons. The first-order valence-electron chi connectivity index (χ1n) is 10.7. The van der Waals surface area contributed by atoms with Crippen molar-refractivity contribution in [3.8, 4) is 0 Å². The van der Waals surface area contributed by atoms with Gasteiger partial charge in [0.15, 0.2) is 6.61 Å². The number of benzene rings is 2. The van der Waals surface area contributed by atoms with Gasteiger partial charge < -0.3 is 26.1 Å². The summed E-state index contributed by atoms with van der Waals surface area (Å²) in [4.78, 5) is 52.6. The quantitative estimate of drug-likeness (QED) is 0.267. The van der Waals surface area contributed by atoms with Crippen molar-refractivity contribution in [1.29, 1.82) is 0 Å². The van der Waals surface area contributed by atoms with Crippen LogP contribution in [0, 0.1) is 0 Å². The lowest BCUT2D eigenvalue weighted by Gasteiger charge is -2.17. The normalized spacial score (nSPS) is 11.5. The van der Waals surface area contributed by atoms with Crippen LogP contribution in [-0.2, 0) is 20.7 Å². The van der Waals surface area contributed by atoms with E-state index in [2.05, 4.69) is 15.6 Å². The van der Waals surface area contributed by atoms with E-state index in [4.69, 9.17) is 10.5 Å². The van der Waals surface area contributed by atoms with Crippen molar-refractivity contribution in [3.63, 3.8) is 0 Å². The van der Waals surface area contributed by atoms with Gasteiger partial charge in [-0.1, -0.05) is 24.3 Å². The third-order valence-electron chi connectivity index (χ3n) is 5.23. The van der Waals surface area contributed by atoms with Crippen molar-refractivity contribution in [1.82, 2.24) is 10.3 Å². The Balaban J connectivity index is 1.42. The van der Waals surface area contributed by atoms with Crippen LogP contribution in [0.4, 0.5) is 5.69 Å². The number of aromatic nitrogens is 1. The summed E-state index contributed by atoms with van der Waals surface area (Å²) >= 11 is 1.25. The predicted octanol–water partition coefficient (Wildman–Crippen LogP) is 2.85. The Bertz CT molecular complexity index is 1360. The number of hydrogen-bond acceptors (Lipinski definition) is 6. The molecule has 0 aliphatic heterocycles. The van der Waals surface area contributed by atoms with E-state index in [1.807, 2.05) is 24.3 Å². The molecule has 2 heterocycles. The maximum absolute atomic E-state index is 12.9. The average Bonchev–Trinajstić information content (AvgIpc) is 3.53. The molecule has 0 aliphatic carbocycles. The molecule has 3 amide bonds. The van der Waals surface area contributed by atoms with E-state index < -0.39 is 36.3 Å². The van der Waals surface area contributed by atoms with Crippen molar-refractivity contribution in [2.45, 2.75) is 12.5 Å². The Morgan fingerprint density at radius 2 is 1.77 bits per heavy atom. The molecule has 2 aromatic carbocycles. The second-order valence-corrected chi connectivity index (χ2v) is 8.61. The van der Waals surface area contributed by atoms with E-state index in [0.717, 1.165) is 16.5 Å². The number of rotatable bonds is 9. The molecule has 4 rings (SSSR count). The summed E-state index contributed by atoms with van der Waals surface area (Å²) in [7, 11) is 0. The number of fused-ring (bicyclic) bond motifs is 1. The first-order chi connectivity index (χ1) is 16.9. The smallest absolute Gasteiger partial charge is 0.329 e. The molecule has 35 heavy (non-hydrogen) atoms. The molecule has 0 fully saturated rings. The maximum Gasteiger partial charge on any atom is 0.329 e. The van der Waals surface area contributed by atoms with Crippen molar-refractivity contribution >= 4 is 51.6 Å². The van der Waals surface area contributed by atoms with Crippen LogP contribution in [0.3, 0.4) is 0 Å². The Labute approximate surface area is 204 Å². The van der Waals surface area contributed by atoms with Gasteiger partial charge in [0.05, 0.1) is 4.88 Å². The number of primary amides is 1. The number of H-pyrrole nitrogens is 1. The minimum atomic E-state index is -1.01. The summed E-state index contributed by atoms with van der Waals surface area (Å²) < 4.78 is 5.23. The average molecular weight is 491 g/mol. The zero-order valence-electron chi connectivity index (χ0n) is 18.4. The molecule has 0 saturated carbocycles. The van der Waals surface area contributed by atoms with Crippen LogP contribution >= 0.6 is 11.3 Å². The minimum absolute atomic E-state index is 0.177. The van der Waals surface area contributed by atoms with Crippen LogP contribution in [0.25, 0.3) is 10.9 Å². The molecule has 0 bridgehead atoms. The SMILES string of the molecule is NC(=O)c1ccc(NC(=O)COC(=O)[C@H](Cc2c[nH]c3ccccc23)NC(=O)c2cccs2)cc1. The van der Waals surface area contributed by atoms with Gasteiger partial charge in [-0.3, -0.25) is 14.4 Å². The van der Waals surface area contributed by atoms with Gasteiger partial charge in [0.2, 0.25) is 5.91 Å². The van der Waals surface area contributed by atoms with Gasteiger partial charge in [-0.15, -0.1) is 11.3 Å². The zero-order chi connectivity index (χ0) is 24.8. The number of nitrogens with two attached hydrogens (primary N) is 1. The Hall–Kier alpha value is -4.44. The summed E-state index contributed by atoms with van der Waals surface area (Å²) in [6, 6.07) is 16.0. The highest BCUT2D eigenvalue weighted by Gasteiger charge is 2.25. The zero-order valence-corrected chi connectivity index (χ0v) is 19.3. The molecule has 9 nitrogen and oxygen atoms in total. The van der Waals surface area contributed by atoms with Gasteiger partial charge in [-0.25, -0.2) is 4.79 Å². The summed E-state index contributed by atoms with van der Waals surface area (Å²) in [6.45, 7) is -0.546. The van der Waals surface area contributed by atoms with Crippen LogP contribution in [0.5, 0.6) is 0 Å². The number of carbonyl (C=O) groups excluding carboxylic acids is 4. The molecule has 4 aromatic rings. The number of hydrogen-bond donors (Lipinski definition) is 4. The molecule has 10 heteroatoms. The van der Waals surface area contributed by atoms with Crippen molar-refractivity contribution in [2.24, 2.45) is 5.73 Å². The molecule has 0 aliphatic rings. The molecule has 0 radical (unpaired) electrons. The van der Waals surface area contributed by atoms with Gasteiger partial charge >= 0.3 is 5.97 Å². The highest BCUT2D eigenvalue weighted by Crippen LogP contribution is 2.20. The van der Waals surface area contributed by atoms with Gasteiger partial charge in [-0.05, 0) is 47.3 Å². The van der Waals surface area contributed by atoms with Crippen LogP contribution in [0.1, 0.15) is 25.6 Å². The molecule has 0 spiro atoms. The summed E-state index contributed by atoms with van der Waals surface area (Å²) in [5.74, 6) is -2.29. The Morgan fingerprint density at radius 1 is 1.00 bits per heavy atom. The second-order valence-electron chi connectivity index (χ2n) is 7.66. The van der Waals surface area contributed by atoms with E-state index >= 15 is 0 Å². The third kappa shape index (κ3) is 5.92. The Kier molecular flexibility index (Phi) is 7.22. The second kappa shape index (κ2) is 10.7. The first kappa shape index (κ1) is 23.7. The number of ether oxygens (including phenoxy) is 1. The first-order valence-corrected chi connectivity index (χ1v) is 11.5. The molecule has 0 unspecified atom stereocenters. The van der Waals surface area contributed by atoms with Crippen molar-refractivity contribution in [3.05, 3.63) is 88.2 Å². The van der Waals surface area contributed by atoms with E-state index in [1.54, 1.807) is 23.7 Å². The van der Waals surface area contributed by atoms with Crippen LogP contribution in [-0.4, -0.2) is 41.3 Å². The number of nitrogens with one attached hydrogen (secondary N) is 3. The number of anilines is 1. The van der Waals surface area contributed by atoms with Crippen molar-refractivity contribution in [2.75, 3.05) is 11.9 Å². The lowest BCUT2D eigenvalue weighted by Crippen LogP contribution is -2.43. The lowest BCUT2D eigenvalue weighted by molar-refractivity contribution is -0.149. The number of carbonyl (C=O) groups is 4. The Morgan fingerprint density at radius 3 is 2.49 bits per heavy atom. The fourth-order valence-corrected chi connectivity index (χ4v) is 4.13. The number of amides is 3. The number of aromatic amines is 1. The van der Waals surface area contributed by atoms with Gasteiger partial charge in [0.25, 0.3) is 11.8 Å². The number of esters is 1. The fraction of sp³-hybridized carbons (Fsp3) is 0.120. The molecule has 0 saturated heterocycles. The van der Waals surface area contributed by atoms with Gasteiger partial charge in [0.1, 0.15) is 6.04 Å². The maximum atomic E-state index is 12.9. The van der Waals surface area contributed by atoms with Crippen LogP contribution < -0.4 is 16.4 Å². The van der Waals surface area contributed by atoms with Crippen LogP contribution in [0.2, 0.25) is 0 Å². The van der Waals surface area contributed by atoms with Gasteiger partial charge in [-0.2, -0.15) is 0 Å². The summed E-state index contributed by atoms with van der Waals surface area (Å²) in [5, 5.41) is 7.99. The molecule has 1 atom stereocenters. The van der Waals surface area contributed by atoms with E-state index in [-0.39, 0.29) is 6.42 Å². The third-order valence-corrected chi connectivity index (χ3v) is 6.10. The van der Waals surface area contributed by atoms with E-state index in [0.29, 0.717) is 16.1 Å². The monoisotopic (exact) mass is 490 g/mol. The summed E-state index contributed by atoms with van der Waals surface area (Å²) in [6.07, 6.45) is 1.96. The van der Waals surface area contributed by atoms with Gasteiger partial charge in [0, 0.05) is 34.8 Å². The molecule has 2 aromatic heterocycles. The molecule has 5 N–H and O–H groups in total. The minimum Gasteiger partial charge on any atom is -0.454 e.